The standard InChI is InChI=1S/C19H28Cl2N4O2.HI/c1-24(2)18(26)12-23-19(22-11-15-6-4-5-9-27-15)25(3)13-14-7-8-16(20)17(21)10-14;/h7-8,10,15H,4-6,9,11-13H2,1-3H3,(H,22,23);1H. The number of hydrogen-bond donors (Lipinski definition) is 1. The van der Waals surface area contributed by atoms with Gasteiger partial charge in [-0.3, -0.25) is 4.79 Å². The summed E-state index contributed by atoms with van der Waals surface area (Å²) in [5.41, 5.74) is 1.01. The van der Waals surface area contributed by atoms with Crippen LogP contribution in [0.2, 0.25) is 10.0 Å². The van der Waals surface area contributed by atoms with Crippen LogP contribution in [-0.2, 0) is 16.1 Å². The SMILES string of the molecule is CN(C)C(=O)CN=C(NCC1CCCCO1)N(C)Cc1ccc(Cl)c(Cl)c1.I. The minimum absolute atomic E-state index is 0. The van der Waals surface area contributed by atoms with Crippen molar-refractivity contribution in [3.8, 4) is 0 Å². The Morgan fingerprint density at radius 2 is 2.00 bits per heavy atom. The number of benzene rings is 1. The Bertz CT molecular complexity index is 667. The molecule has 0 radical (unpaired) electrons. The summed E-state index contributed by atoms with van der Waals surface area (Å²) < 4.78 is 5.78. The molecule has 1 fully saturated rings. The summed E-state index contributed by atoms with van der Waals surface area (Å²) >= 11 is 12.1. The Hall–Kier alpha value is -0.770. The Morgan fingerprint density at radius 3 is 2.61 bits per heavy atom. The van der Waals surface area contributed by atoms with Gasteiger partial charge in [0.2, 0.25) is 5.91 Å². The van der Waals surface area contributed by atoms with Crippen molar-refractivity contribution < 1.29 is 9.53 Å². The summed E-state index contributed by atoms with van der Waals surface area (Å²) in [6.07, 6.45) is 3.50. The van der Waals surface area contributed by atoms with Crippen LogP contribution in [0, 0.1) is 0 Å². The molecule has 1 heterocycles. The van der Waals surface area contributed by atoms with Gasteiger partial charge in [0.1, 0.15) is 6.54 Å². The smallest absolute Gasteiger partial charge is 0.243 e. The quantitative estimate of drug-likeness (QED) is 0.339. The van der Waals surface area contributed by atoms with Gasteiger partial charge in [0.05, 0.1) is 16.1 Å². The van der Waals surface area contributed by atoms with Gasteiger partial charge in [0.15, 0.2) is 5.96 Å². The normalized spacial score (nSPS) is 16.9. The molecule has 0 bridgehead atoms. The number of amides is 1. The van der Waals surface area contributed by atoms with E-state index in [1.54, 1.807) is 20.2 Å². The average Bonchev–Trinajstić information content (AvgIpc) is 2.65. The second-order valence-electron chi connectivity index (χ2n) is 6.90. The van der Waals surface area contributed by atoms with Gasteiger partial charge in [-0.05, 0) is 37.0 Å². The van der Waals surface area contributed by atoms with Gasteiger partial charge in [0, 0.05) is 40.8 Å². The highest BCUT2D eigenvalue weighted by Crippen LogP contribution is 2.23. The predicted octanol–water partition coefficient (Wildman–Crippen LogP) is 3.65. The van der Waals surface area contributed by atoms with E-state index in [0.717, 1.165) is 25.0 Å². The number of carbonyl (C=O) groups is 1. The van der Waals surface area contributed by atoms with Crippen molar-refractivity contribution in [2.24, 2.45) is 4.99 Å². The number of rotatable bonds is 6. The van der Waals surface area contributed by atoms with Gasteiger partial charge in [0.25, 0.3) is 0 Å². The highest BCUT2D eigenvalue weighted by molar-refractivity contribution is 14.0. The van der Waals surface area contributed by atoms with Crippen LogP contribution < -0.4 is 5.32 Å². The first-order valence-corrected chi connectivity index (χ1v) is 9.87. The molecule has 6 nitrogen and oxygen atoms in total. The maximum absolute atomic E-state index is 11.9. The zero-order valence-corrected chi connectivity index (χ0v) is 20.4. The molecule has 0 aliphatic carbocycles. The summed E-state index contributed by atoms with van der Waals surface area (Å²) in [5.74, 6) is 0.608. The van der Waals surface area contributed by atoms with E-state index in [9.17, 15) is 4.79 Å². The number of nitrogens with zero attached hydrogens (tertiary/aromatic N) is 3. The minimum Gasteiger partial charge on any atom is -0.376 e. The molecule has 1 unspecified atom stereocenters. The molecule has 28 heavy (non-hydrogen) atoms. The van der Waals surface area contributed by atoms with Crippen molar-refractivity contribution in [3.63, 3.8) is 0 Å². The molecule has 1 aromatic rings. The minimum atomic E-state index is -0.0499. The van der Waals surface area contributed by atoms with Crippen molar-refractivity contribution in [3.05, 3.63) is 33.8 Å². The Kier molecular flexibility index (Phi) is 11.5. The highest BCUT2D eigenvalue weighted by atomic mass is 127. The Labute approximate surface area is 194 Å². The van der Waals surface area contributed by atoms with E-state index in [1.807, 2.05) is 24.1 Å². The third-order valence-corrected chi connectivity index (χ3v) is 5.13. The van der Waals surface area contributed by atoms with Gasteiger partial charge in [-0.15, -0.1) is 24.0 Å². The fraction of sp³-hybridized carbons (Fsp3) is 0.579. The van der Waals surface area contributed by atoms with Crippen molar-refractivity contribution in [2.75, 3.05) is 40.8 Å². The van der Waals surface area contributed by atoms with Gasteiger partial charge < -0.3 is 19.9 Å². The third-order valence-electron chi connectivity index (χ3n) is 4.39. The van der Waals surface area contributed by atoms with Crippen LogP contribution in [-0.4, -0.2) is 68.6 Å². The fourth-order valence-corrected chi connectivity index (χ4v) is 3.08. The van der Waals surface area contributed by atoms with Crippen LogP contribution >= 0.6 is 47.2 Å². The first kappa shape index (κ1) is 25.3. The topological polar surface area (TPSA) is 57.2 Å². The number of hydrogen-bond acceptors (Lipinski definition) is 3. The van der Waals surface area contributed by atoms with Gasteiger partial charge in [-0.25, -0.2) is 4.99 Å². The first-order chi connectivity index (χ1) is 12.9. The Balaban J connectivity index is 0.00000392. The summed E-state index contributed by atoms with van der Waals surface area (Å²) in [6.45, 7) is 2.15. The summed E-state index contributed by atoms with van der Waals surface area (Å²) in [6, 6.07) is 5.55. The van der Waals surface area contributed by atoms with Crippen LogP contribution in [0.4, 0.5) is 0 Å². The van der Waals surface area contributed by atoms with Crippen molar-refractivity contribution in [2.45, 2.75) is 31.9 Å². The average molecular weight is 543 g/mol. The van der Waals surface area contributed by atoms with Crippen LogP contribution in [0.3, 0.4) is 0 Å². The molecule has 1 N–H and O–H groups in total. The number of nitrogens with one attached hydrogen (secondary N) is 1. The summed E-state index contributed by atoms with van der Waals surface area (Å²) in [4.78, 5) is 19.9. The molecule has 158 valence electrons. The van der Waals surface area contributed by atoms with Crippen LogP contribution in [0.15, 0.2) is 23.2 Å². The lowest BCUT2D eigenvalue weighted by Gasteiger charge is -2.27. The zero-order chi connectivity index (χ0) is 19.8. The van der Waals surface area contributed by atoms with E-state index in [-0.39, 0.29) is 42.5 Å². The lowest BCUT2D eigenvalue weighted by molar-refractivity contribution is -0.127. The molecule has 1 saturated heterocycles. The van der Waals surface area contributed by atoms with E-state index >= 15 is 0 Å². The molecule has 1 aliphatic rings. The summed E-state index contributed by atoms with van der Waals surface area (Å²) in [7, 11) is 5.37. The second-order valence-corrected chi connectivity index (χ2v) is 7.72. The van der Waals surface area contributed by atoms with E-state index in [1.165, 1.54) is 11.3 Å². The third kappa shape index (κ3) is 8.31. The highest BCUT2D eigenvalue weighted by Gasteiger charge is 2.16. The first-order valence-electron chi connectivity index (χ1n) is 9.12. The monoisotopic (exact) mass is 542 g/mol. The molecule has 1 aromatic carbocycles. The van der Waals surface area contributed by atoms with Crippen LogP contribution in [0.5, 0.6) is 0 Å². The van der Waals surface area contributed by atoms with E-state index in [4.69, 9.17) is 27.9 Å². The molecular weight excluding hydrogens is 514 g/mol. The Morgan fingerprint density at radius 1 is 1.25 bits per heavy atom. The lowest BCUT2D eigenvalue weighted by atomic mass is 10.1. The number of guanidine groups is 1. The van der Waals surface area contributed by atoms with Gasteiger partial charge in [-0.1, -0.05) is 29.3 Å². The maximum atomic E-state index is 11.9. The van der Waals surface area contributed by atoms with E-state index < -0.39 is 0 Å². The van der Waals surface area contributed by atoms with E-state index in [0.29, 0.717) is 29.1 Å². The second kappa shape index (κ2) is 12.7. The van der Waals surface area contributed by atoms with Gasteiger partial charge >= 0.3 is 0 Å². The zero-order valence-electron chi connectivity index (χ0n) is 16.6. The molecule has 1 aliphatic heterocycles. The number of aliphatic imine (C=N–C) groups is 1. The van der Waals surface area contributed by atoms with Crippen molar-refractivity contribution in [1.29, 1.82) is 0 Å². The van der Waals surface area contributed by atoms with Crippen molar-refractivity contribution >= 4 is 59.0 Å². The molecule has 1 amide bonds. The molecule has 0 aromatic heterocycles. The summed E-state index contributed by atoms with van der Waals surface area (Å²) in [5, 5.41) is 4.40. The molecule has 1 atom stereocenters. The van der Waals surface area contributed by atoms with Crippen LogP contribution in [0.25, 0.3) is 0 Å². The number of halogens is 3. The fourth-order valence-electron chi connectivity index (χ4n) is 2.76. The lowest BCUT2D eigenvalue weighted by Crippen LogP contribution is -2.43. The van der Waals surface area contributed by atoms with Crippen molar-refractivity contribution in [1.82, 2.24) is 15.1 Å². The predicted molar refractivity (Wildman–Crippen MR) is 126 cm³/mol. The molecule has 0 spiro atoms. The molecule has 0 saturated carbocycles. The largest absolute Gasteiger partial charge is 0.376 e. The number of ether oxygens (including phenoxy) is 1. The number of likely N-dealkylation sites (N-methyl/N-ethyl adjacent to an activating group) is 1. The molecular formula is C19H29Cl2IN4O2. The van der Waals surface area contributed by atoms with E-state index in [2.05, 4.69) is 10.3 Å². The molecule has 9 heteroatoms. The molecule has 2 rings (SSSR count). The maximum Gasteiger partial charge on any atom is 0.243 e. The number of carbonyl (C=O) groups excluding carboxylic acids is 1. The van der Waals surface area contributed by atoms with Crippen LogP contribution in [0.1, 0.15) is 24.8 Å². The van der Waals surface area contributed by atoms with Gasteiger partial charge in [-0.2, -0.15) is 0 Å².